The maximum absolute atomic E-state index is 5.72. The molecule has 0 spiro atoms. The van der Waals surface area contributed by atoms with Crippen molar-refractivity contribution in [3.05, 3.63) is 24.3 Å². The molecule has 0 radical (unpaired) electrons. The van der Waals surface area contributed by atoms with E-state index in [9.17, 15) is 0 Å². The van der Waals surface area contributed by atoms with Crippen molar-refractivity contribution in [1.82, 2.24) is 0 Å². The molecule has 2 nitrogen and oxygen atoms in total. The van der Waals surface area contributed by atoms with Gasteiger partial charge in [0.15, 0.2) is 0 Å². The van der Waals surface area contributed by atoms with Crippen molar-refractivity contribution in [3.8, 4) is 5.75 Å². The lowest BCUT2D eigenvalue weighted by Crippen LogP contribution is -2.09. The molecule has 1 aromatic rings. The highest BCUT2D eigenvalue weighted by Gasteiger charge is 2.03. The van der Waals surface area contributed by atoms with E-state index in [2.05, 4.69) is 19.2 Å². The molecule has 0 atom stereocenters. The van der Waals surface area contributed by atoms with Crippen LogP contribution >= 0.6 is 0 Å². The molecule has 84 valence electrons. The summed E-state index contributed by atoms with van der Waals surface area (Å²) in [6.07, 6.45) is 2.37. The number of ether oxygens (including phenoxy) is 1. The zero-order valence-corrected chi connectivity index (χ0v) is 9.92. The van der Waals surface area contributed by atoms with Crippen LogP contribution in [-0.2, 0) is 0 Å². The summed E-state index contributed by atoms with van der Waals surface area (Å²) in [6, 6.07) is 8.08. The second-order valence-electron chi connectivity index (χ2n) is 3.77. The number of hydrogen-bond donors (Lipinski definition) is 1. The molecule has 1 N–H and O–H groups in total. The lowest BCUT2D eigenvalue weighted by Gasteiger charge is -2.13. The van der Waals surface area contributed by atoms with E-state index in [1.165, 1.54) is 12.8 Å². The van der Waals surface area contributed by atoms with Crippen LogP contribution in [0.4, 0.5) is 5.69 Å². The lowest BCUT2D eigenvalue weighted by atomic mass is 10.1. The third kappa shape index (κ3) is 3.82. The smallest absolute Gasteiger partial charge is 0.119 e. The second-order valence-corrected chi connectivity index (χ2v) is 3.77. The Morgan fingerprint density at radius 2 is 1.73 bits per heavy atom. The summed E-state index contributed by atoms with van der Waals surface area (Å²) in [7, 11) is 1.92. The number of nitrogens with one attached hydrogen (secondary N) is 1. The third-order valence-electron chi connectivity index (χ3n) is 2.78. The van der Waals surface area contributed by atoms with Crippen LogP contribution < -0.4 is 10.1 Å². The van der Waals surface area contributed by atoms with Crippen LogP contribution in [0, 0.1) is 5.92 Å². The molecule has 0 aliphatic carbocycles. The van der Waals surface area contributed by atoms with Crippen LogP contribution in [0.1, 0.15) is 26.7 Å². The van der Waals surface area contributed by atoms with E-state index in [0.717, 1.165) is 18.0 Å². The highest BCUT2D eigenvalue weighted by atomic mass is 16.5. The van der Waals surface area contributed by atoms with Gasteiger partial charge in [-0.15, -0.1) is 0 Å². The highest BCUT2D eigenvalue weighted by molar-refractivity contribution is 5.45. The van der Waals surface area contributed by atoms with Gasteiger partial charge < -0.3 is 10.1 Å². The van der Waals surface area contributed by atoms with E-state index < -0.39 is 0 Å². The first-order chi connectivity index (χ1) is 7.30. The Balaban J connectivity index is 2.43. The fraction of sp³-hybridized carbons (Fsp3) is 0.538. The van der Waals surface area contributed by atoms with Crippen molar-refractivity contribution in [2.45, 2.75) is 26.7 Å². The van der Waals surface area contributed by atoms with Gasteiger partial charge in [-0.1, -0.05) is 26.7 Å². The van der Waals surface area contributed by atoms with Crippen molar-refractivity contribution in [2.24, 2.45) is 5.92 Å². The average Bonchev–Trinajstić information content (AvgIpc) is 2.31. The molecule has 0 saturated heterocycles. The minimum absolute atomic E-state index is 0.675. The van der Waals surface area contributed by atoms with Crippen molar-refractivity contribution in [1.29, 1.82) is 0 Å². The molecule has 15 heavy (non-hydrogen) atoms. The van der Waals surface area contributed by atoms with Gasteiger partial charge in [0.2, 0.25) is 0 Å². The number of hydrogen-bond acceptors (Lipinski definition) is 2. The summed E-state index contributed by atoms with van der Waals surface area (Å²) in [5, 5.41) is 3.09. The van der Waals surface area contributed by atoms with Crippen LogP contribution in [0.5, 0.6) is 5.75 Å². The summed E-state index contributed by atoms with van der Waals surface area (Å²) in [6.45, 7) is 5.25. The first-order valence-electron chi connectivity index (χ1n) is 5.70. The van der Waals surface area contributed by atoms with Gasteiger partial charge in [0.1, 0.15) is 5.75 Å². The molecular formula is C13H21NO. The standard InChI is InChI=1S/C13H21NO/c1-4-11(5-2)10-15-13-8-6-12(14-3)7-9-13/h6-9,11,14H,4-5,10H2,1-3H3. The number of benzene rings is 1. The maximum Gasteiger partial charge on any atom is 0.119 e. The van der Waals surface area contributed by atoms with Crippen LogP contribution in [0.3, 0.4) is 0 Å². The Morgan fingerprint density at radius 1 is 1.13 bits per heavy atom. The summed E-state index contributed by atoms with van der Waals surface area (Å²) < 4.78 is 5.72. The predicted molar refractivity (Wildman–Crippen MR) is 65.6 cm³/mol. The fourth-order valence-electron chi connectivity index (χ4n) is 1.46. The van der Waals surface area contributed by atoms with Gasteiger partial charge in [-0.3, -0.25) is 0 Å². The first kappa shape index (κ1) is 11.9. The monoisotopic (exact) mass is 207 g/mol. The normalized spacial score (nSPS) is 10.4. The predicted octanol–water partition coefficient (Wildman–Crippen LogP) is 3.54. The summed E-state index contributed by atoms with van der Waals surface area (Å²) >= 11 is 0. The lowest BCUT2D eigenvalue weighted by molar-refractivity contribution is 0.240. The minimum atomic E-state index is 0.675. The SMILES string of the molecule is CCC(CC)COc1ccc(NC)cc1. The molecule has 0 amide bonds. The molecule has 1 rings (SSSR count). The fourth-order valence-corrected chi connectivity index (χ4v) is 1.46. The minimum Gasteiger partial charge on any atom is -0.493 e. The van der Waals surface area contributed by atoms with Gasteiger partial charge in [-0.2, -0.15) is 0 Å². The van der Waals surface area contributed by atoms with Crippen molar-refractivity contribution in [3.63, 3.8) is 0 Å². The molecule has 0 bridgehead atoms. The zero-order valence-electron chi connectivity index (χ0n) is 9.92. The Kier molecular flexibility index (Phi) is 5.02. The molecule has 0 aromatic heterocycles. The Bertz CT molecular complexity index is 264. The summed E-state index contributed by atoms with van der Waals surface area (Å²) in [5.41, 5.74) is 1.12. The Hall–Kier alpha value is -1.18. The van der Waals surface area contributed by atoms with E-state index in [4.69, 9.17) is 4.74 Å². The van der Waals surface area contributed by atoms with Crippen LogP contribution in [0.2, 0.25) is 0 Å². The molecule has 0 unspecified atom stereocenters. The van der Waals surface area contributed by atoms with Crippen LogP contribution in [0.25, 0.3) is 0 Å². The van der Waals surface area contributed by atoms with Crippen LogP contribution in [0.15, 0.2) is 24.3 Å². The maximum atomic E-state index is 5.72. The largest absolute Gasteiger partial charge is 0.493 e. The zero-order chi connectivity index (χ0) is 11.1. The van der Waals surface area contributed by atoms with E-state index in [-0.39, 0.29) is 0 Å². The Morgan fingerprint density at radius 3 is 2.20 bits per heavy atom. The quantitative estimate of drug-likeness (QED) is 0.770. The molecule has 0 aliphatic heterocycles. The Labute approximate surface area is 92.6 Å². The molecular weight excluding hydrogens is 186 g/mol. The van der Waals surface area contributed by atoms with Crippen molar-refractivity contribution < 1.29 is 4.74 Å². The van der Waals surface area contributed by atoms with Gasteiger partial charge in [-0.05, 0) is 30.2 Å². The molecule has 1 aromatic carbocycles. The molecule has 2 heteroatoms. The molecule has 0 fully saturated rings. The molecule has 0 saturated carbocycles. The van der Waals surface area contributed by atoms with Crippen LogP contribution in [-0.4, -0.2) is 13.7 Å². The van der Waals surface area contributed by atoms with Crippen molar-refractivity contribution in [2.75, 3.05) is 19.0 Å². The van der Waals surface area contributed by atoms with E-state index in [0.29, 0.717) is 5.92 Å². The van der Waals surface area contributed by atoms with E-state index >= 15 is 0 Å². The molecule has 0 aliphatic rings. The number of rotatable bonds is 6. The van der Waals surface area contributed by atoms with Gasteiger partial charge in [-0.25, -0.2) is 0 Å². The van der Waals surface area contributed by atoms with Gasteiger partial charge in [0.25, 0.3) is 0 Å². The molecule has 0 heterocycles. The highest BCUT2D eigenvalue weighted by Crippen LogP contribution is 2.17. The third-order valence-corrected chi connectivity index (χ3v) is 2.78. The van der Waals surface area contributed by atoms with Gasteiger partial charge in [0, 0.05) is 12.7 Å². The number of anilines is 1. The van der Waals surface area contributed by atoms with Gasteiger partial charge in [0.05, 0.1) is 6.61 Å². The first-order valence-corrected chi connectivity index (χ1v) is 5.70. The van der Waals surface area contributed by atoms with E-state index in [1.54, 1.807) is 0 Å². The summed E-state index contributed by atoms with van der Waals surface area (Å²) in [4.78, 5) is 0. The average molecular weight is 207 g/mol. The van der Waals surface area contributed by atoms with E-state index in [1.807, 2.05) is 31.3 Å². The summed E-state index contributed by atoms with van der Waals surface area (Å²) in [5.74, 6) is 1.63. The van der Waals surface area contributed by atoms with Gasteiger partial charge >= 0.3 is 0 Å². The second kappa shape index (κ2) is 6.33. The topological polar surface area (TPSA) is 21.3 Å². The van der Waals surface area contributed by atoms with Crippen molar-refractivity contribution >= 4 is 5.69 Å².